The topological polar surface area (TPSA) is 21.8 Å². The van der Waals surface area contributed by atoms with E-state index in [0.717, 1.165) is 26.2 Å². The Balaban J connectivity index is 1.77. The average Bonchev–Trinajstić information content (AvgIpc) is 3.14. The minimum Gasteiger partial charge on any atom is -0.378 e. The Labute approximate surface area is 96.9 Å². The largest absolute Gasteiger partial charge is 0.378 e. The number of benzene rings is 1. The van der Waals surface area contributed by atoms with Gasteiger partial charge in [0.2, 0.25) is 0 Å². The molecule has 0 saturated carbocycles. The molecule has 0 radical (unpaired) electrons. The quantitative estimate of drug-likeness (QED) is 0.541. The van der Waals surface area contributed by atoms with Crippen molar-refractivity contribution in [3.63, 3.8) is 0 Å². The fourth-order valence-corrected chi connectivity index (χ4v) is 1.67. The highest BCUT2D eigenvalue weighted by Gasteiger charge is 2.22. The second kappa shape index (κ2) is 5.83. The van der Waals surface area contributed by atoms with E-state index in [0.29, 0.717) is 6.10 Å². The van der Waals surface area contributed by atoms with Gasteiger partial charge < -0.3 is 9.47 Å². The Bertz CT molecular complexity index is 339. The fourth-order valence-electron chi connectivity index (χ4n) is 1.67. The molecule has 0 N–H and O–H groups in total. The molecular weight excluding hydrogens is 200 g/mol. The Morgan fingerprint density at radius 3 is 2.81 bits per heavy atom. The molecule has 1 heterocycles. The third-order valence-electron chi connectivity index (χ3n) is 2.71. The number of hydrogen-bond donors (Lipinski definition) is 0. The lowest BCUT2D eigenvalue weighted by Crippen LogP contribution is -2.03. The van der Waals surface area contributed by atoms with Gasteiger partial charge in [-0.3, -0.25) is 0 Å². The van der Waals surface area contributed by atoms with Crippen LogP contribution in [0.3, 0.4) is 0 Å². The molecule has 86 valence electrons. The second-order valence-electron chi connectivity index (χ2n) is 3.96. The molecule has 1 fully saturated rings. The third kappa shape index (κ3) is 3.47. The highest BCUT2D eigenvalue weighted by atomic mass is 16.6. The summed E-state index contributed by atoms with van der Waals surface area (Å²) in [5.74, 6) is 0. The lowest BCUT2D eigenvalue weighted by Gasteiger charge is -2.07. The predicted octanol–water partition coefficient (Wildman–Crippen LogP) is 2.90. The lowest BCUT2D eigenvalue weighted by molar-refractivity contribution is 0.121. The van der Waals surface area contributed by atoms with Crippen molar-refractivity contribution < 1.29 is 9.47 Å². The molecule has 1 aromatic rings. The summed E-state index contributed by atoms with van der Waals surface area (Å²) in [4.78, 5) is 0. The minimum absolute atomic E-state index is 0.366. The lowest BCUT2D eigenvalue weighted by atomic mass is 10.0. The molecule has 0 amide bonds. The van der Waals surface area contributed by atoms with Gasteiger partial charge in [-0.05, 0) is 24.5 Å². The van der Waals surface area contributed by atoms with Crippen LogP contribution < -0.4 is 0 Å². The number of allylic oxidation sites excluding steroid dienone is 1. The van der Waals surface area contributed by atoms with Crippen LogP contribution in [-0.4, -0.2) is 25.9 Å². The van der Waals surface area contributed by atoms with Crippen LogP contribution in [0.25, 0.3) is 5.57 Å². The van der Waals surface area contributed by atoms with Gasteiger partial charge in [0.25, 0.3) is 0 Å². The van der Waals surface area contributed by atoms with E-state index in [9.17, 15) is 0 Å². The third-order valence-corrected chi connectivity index (χ3v) is 2.71. The van der Waals surface area contributed by atoms with Gasteiger partial charge in [-0.2, -0.15) is 0 Å². The maximum absolute atomic E-state index is 5.55. The van der Waals surface area contributed by atoms with Gasteiger partial charge >= 0.3 is 0 Å². The first-order valence-corrected chi connectivity index (χ1v) is 5.80. The van der Waals surface area contributed by atoms with Crippen LogP contribution in [0.1, 0.15) is 18.9 Å². The first-order chi connectivity index (χ1) is 7.90. The molecule has 1 aliphatic rings. The summed E-state index contributed by atoms with van der Waals surface area (Å²) in [6, 6.07) is 10.5. The van der Waals surface area contributed by atoms with Crippen LogP contribution in [0.15, 0.2) is 36.4 Å². The molecule has 0 spiro atoms. The molecule has 2 rings (SSSR count). The molecule has 1 unspecified atom stereocenters. The Kier molecular flexibility index (Phi) is 4.14. The van der Waals surface area contributed by atoms with Gasteiger partial charge in [0, 0.05) is 0 Å². The molecule has 1 atom stereocenters. The maximum Gasteiger partial charge on any atom is 0.104 e. The summed E-state index contributed by atoms with van der Waals surface area (Å²) in [5, 5.41) is 0. The Morgan fingerprint density at radius 1 is 1.44 bits per heavy atom. The molecule has 0 aliphatic carbocycles. The van der Waals surface area contributed by atoms with Crippen LogP contribution in [0.2, 0.25) is 0 Å². The van der Waals surface area contributed by atoms with Crippen molar-refractivity contribution >= 4 is 5.57 Å². The zero-order valence-electron chi connectivity index (χ0n) is 9.69. The minimum atomic E-state index is 0.366. The van der Waals surface area contributed by atoms with Crippen molar-refractivity contribution in [1.29, 1.82) is 0 Å². The van der Waals surface area contributed by atoms with E-state index >= 15 is 0 Å². The summed E-state index contributed by atoms with van der Waals surface area (Å²) in [7, 11) is 0. The van der Waals surface area contributed by atoms with Crippen LogP contribution in [-0.2, 0) is 9.47 Å². The first-order valence-electron chi connectivity index (χ1n) is 5.80. The number of rotatable bonds is 6. The van der Waals surface area contributed by atoms with Crippen LogP contribution in [0.5, 0.6) is 0 Å². The normalized spacial score (nSPS) is 19.8. The average molecular weight is 218 g/mol. The SMILES string of the molecule is C/C=C(/CCOCC1CO1)c1ccccc1. The summed E-state index contributed by atoms with van der Waals surface area (Å²) >= 11 is 0. The summed E-state index contributed by atoms with van der Waals surface area (Å²) in [6.45, 7) is 4.46. The van der Waals surface area contributed by atoms with Gasteiger partial charge in [-0.1, -0.05) is 36.4 Å². The van der Waals surface area contributed by atoms with Crippen molar-refractivity contribution in [2.24, 2.45) is 0 Å². The zero-order chi connectivity index (χ0) is 11.2. The molecule has 2 nitrogen and oxygen atoms in total. The smallest absolute Gasteiger partial charge is 0.104 e. The summed E-state index contributed by atoms with van der Waals surface area (Å²) < 4.78 is 10.6. The Morgan fingerprint density at radius 2 is 2.19 bits per heavy atom. The van der Waals surface area contributed by atoms with E-state index in [1.807, 2.05) is 6.07 Å². The zero-order valence-corrected chi connectivity index (χ0v) is 9.69. The monoisotopic (exact) mass is 218 g/mol. The van der Waals surface area contributed by atoms with E-state index in [1.54, 1.807) is 0 Å². The van der Waals surface area contributed by atoms with E-state index in [1.165, 1.54) is 11.1 Å². The highest BCUT2D eigenvalue weighted by molar-refractivity contribution is 5.65. The van der Waals surface area contributed by atoms with Gasteiger partial charge in [0.1, 0.15) is 6.10 Å². The van der Waals surface area contributed by atoms with E-state index < -0.39 is 0 Å². The van der Waals surface area contributed by atoms with Crippen molar-refractivity contribution in [1.82, 2.24) is 0 Å². The van der Waals surface area contributed by atoms with Crippen LogP contribution in [0, 0.1) is 0 Å². The van der Waals surface area contributed by atoms with E-state index in [-0.39, 0.29) is 0 Å². The molecule has 16 heavy (non-hydrogen) atoms. The molecule has 2 heteroatoms. The van der Waals surface area contributed by atoms with Gasteiger partial charge in [0.15, 0.2) is 0 Å². The van der Waals surface area contributed by atoms with Crippen LogP contribution in [0.4, 0.5) is 0 Å². The van der Waals surface area contributed by atoms with E-state index in [4.69, 9.17) is 9.47 Å². The molecular formula is C14H18O2. The number of epoxide rings is 1. The fraction of sp³-hybridized carbons (Fsp3) is 0.429. The second-order valence-corrected chi connectivity index (χ2v) is 3.96. The van der Waals surface area contributed by atoms with Gasteiger partial charge in [-0.15, -0.1) is 0 Å². The first kappa shape index (κ1) is 11.4. The maximum atomic E-state index is 5.55. The standard InChI is InChI=1S/C14H18O2/c1-2-12(13-6-4-3-5-7-13)8-9-15-10-14-11-16-14/h2-7,14H,8-11H2,1H3/b12-2-. The molecule has 1 saturated heterocycles. The van der Waals surface area contributed by atoms with Gasteiger partial charge in [-0.25, -0.2) is 0 Å². The van der Waals surface area contributed by atoms with Crippen molar-refractivity contribution in [2.45, 2.75) is 19.4 Å². The number of ether oxygens (including phenoxy) is 2. The van der Waals surface area contributed by atoms with Crippen molar-refractivity contribution in [3.05, 3.63) is 42.0 Å². The van der Waals surface area contributed by atoms with E-state index in [2.05, 4.69) is 37.3 Å². The molecule has 1 aromatic carbocycles. The summed E-state index contributed by atoms with van der Waals surface area (Å²) in [5.41, 5.74) is 2.63. The Hall–Kier alpha value is -1.12. The molecule has 1 aliphatic heterocycles. The summed E-state index contributed by atoms with van der Waals surface area (Å²) in [6.07, 6.45) is 3.49. The highest BCUT2D eigenvalue weighted by Crippen LogP contribution is 2.18. The molecule has 0 bridgehead atoms. The number of hydrogen-bond acceptors (Lipinski definition) is 2. The van der Waals surface area contributed by atoms with Crippen molar-refractivity contribution in [2.75, 3.05) is 19.8 Å². The van der Waals surface area contributed by atoms with Crippen LogP contribution >= 0.6 is 0 Å². The molecule has 0 aromatic heterocycles. The van der Waals surface area contributed by atoms with Crippen molar-refractivity contribution in [3.8, 4) is 0 Å². The predicted molar refractivity (Wildman–Crippen MR) is 65.3 cm³/mol. The van der Waals surface area contributed by atoms with Gasteiger partial charge in [0.05, 0.1) is 19.8 Å².